The summed E-state index contributed by atoms with van der Waals surface area (Å²) in [6.07, 6.45) is 0. The first-order valence-electron chi connectivity index (χ1n) is 5.91. The van der Waals surface area contributed by atoms with Gasteiger partial charge in [0.2, 0.25) is 0 Å². The van der Waals surface area contributed by atoms with Gasteiger partial charge in [-0.2, -0.15) is 10.5 Å². The van der Waals surface area contributed by atoms with Gasteiger partial charge >= 0.3 is 0 Å². The maximum absolute atomic E-state index is 8.98. The summed E-state index contributed by atoms with van der Waals surface area (Å²) in [4.78, 5) is 0. The molecule has 94 valence electrons. The van der Waals surface area contributed by atoms with Gasteiger partial charge in [-0.05, 0) is 44.2 Å². The second kappa shape index (κ2) is 5.29. The van der Waals surface area contributed by atoms with E-state index in [2.05, 4.69) is 5.32 Å². The average molecular weight is 251 g/mol. The summed E-state index contributed by atoms with van der Waals surface area (Å²) < 4.78 is 5.54. The molecule has 0 aliphatic heterocycles. The molecule has 0 saturated carbocycles. The fourth-order valence-electron chi connectivity index (χ4n) is 1.83. The van der Waals surface area contributed by atoms with Crippen LogP contribution in [0.15, 0.2) is 34.7 Å². The molecule has 0 bridgehead atoms. The molecule has 0 saturated heterocycles. The molecular weight excluding hydrogens is 238 g/mol. The van der Waals surface area contributed by atoms with Crippen LogP contribution in [0.5, 0.6) is 0 Å². The molecular formula is C15H13N3O. The molecule has 0 radical (unpaired) electrons. The van der Waals surface area contributed by atoms with Gasteiger partial charge in [0, 0.05) is 5.69 Å². The van der Waals surface area contributed by atoms with Crippen molar-refractivity contribution >= 4 is 5.69 Å². The molecule has 0 aliphatic rings. The smallest absolute Gasteiger partial charge is 0.126 e. The van der Waals surface area contributed by atoms with E-state index in [-0.39, 0.29) is 6.04 Å². The van der Waals surface area contributed by atoms with Crippen LogP contribution in [0, 0.1) is 29.6 Å². The van der Waals surface area contributed by atoms with Crippen LogP contribution in [0.25, 0.3) is 0 Å². The highest BCUT2D eigenvalue weighted by molar-refractivity contribution is 5.56. The molecule has 0 fully saturated rings. The van der Waals surface area contributed by atoms with Gasteiger partial charge in [0.15, 0.2) is 0 Å². The molecule has 2 rings (SSSR count). The summed E-state index contributed by atoms with van der Waals surface area (Å²) in [5, 5.41) is 21.1. The SMILES string of the molecule is Cc1ccc(C(C)Nc2ccc(C#N)c(C#N)c2)o1. The van der Waals surface area contributed by atoms with Crippen molar-refractivity contribution in [2.75, 3.05) is 5.32 Å². The predicted octanol–water partition coefficient (Wildman–Crippen LogP) is 3.50. The lowest BCUT2D eigenvalue weighted by Gasteiger charge is -2.13. The van der Waals surface area contributed by atoms with Crippen molar-refractivity contribution in [2.24, 2.45) is 0 Å². The Bertz CT molecular complexity index is 673. The Kier molecular flexibility index (Phi) is 3.54. The Morgan fingerprint density at radius 3 is 2.42 bits per heavy atom. The summed E-state index contributed by atoms with van der Waals surface area (Å²) in [5.74, 6) is 1.70. The zero-order valence-electron chi connectivity index (χ0n) is 10.8. The lowest BCUT2D eigenvalue weighted by Crippen LogP contribution is -2.05. The van der Waals surface area contributed by atoms with Gasteiger partial charge in [-0.3, -0.25) is 0 Å². The summed E-state index contributed by atoms with van der Waals surface area (Å²) in [6, 6.07) is 12.9. The first-order valence-corrected chi connectivity index (χ1v) is 5.91. The summed E-state index contributed by atoms with van der Waals surface area (Å²) in [6.45, 7) is 3.87. The van der Waals surface area contributed by atoms with Gasteiger partial charge in [-0.25, -0.2) is 0 Å². The minimum absolute atomic E-state index is 0.00632. The number of hydrogen-bond donors (Lipinski definition) is 1. The van der Waals surface area contributed by atoms with E-state index >= 15 is 0 Å². The van der Waals surface area contributed by atoms with E-state index in [1.54, 1.807) is 18.2 Å². The quantitative estimate of drug-likeness (QED) is 0.906. The Labute approximate surface area is 111 Å². The average Bonchev–Trinajstić information content (AvgIpc) is 2.85. The van der Waals surface area contributed by atoms with Crippen LogP contribution in [0.4, 0.5) is 5.69 Å². The number of benzene rings is 1. The summed E-state index contributed by atoms with van der Waals surface area (Å²) >= 11 is 0. The van der Waals surface area contributed by atoms with E-state index in [1.165, 1.54) is 0 Å². The van der Waals surface area contributed by atoms with Gasteiger partial charge in [-0.15, -0.1) is 0 Å². The molecule has 2 aromatic rings. The largest absolute Gasteiger partial charge is 0.464 e. The van der Waals surface area contributed by atoms with Crippen molar-refractivity contribution in [3.05, 3.63) is 53.0 Å². The maximum Gasteiger partial charge on any atom is 0.126 e. The zero-order valence-corrected chi connectivity index (χ0v) is 10.8. The van der Waals surface area contributed by atoms with Gasteiger partial charge in [-0.1, -0.05) is 0 Å². The second-order valence-electron chi connectivity index (χ2n) is 4.30. The van der Waals surface area contributed by atoms with Crippen LogP contribution in [0.1, 0.15) is 35.6 Å². The third-order valence-electron chi connectivity index (χ3n) is 2.83. The van der Waals surface area contributed by atoms with Crippen molar-refractivity contribution in [1.82, 2.24) is 0 Å². The van der Waals surface area contributed by atoms with Crippen molar-refractivity contribution in [2.45, 2.75) is 19.9 Å². The van der Waals surface area contributed by atoms with E-state index in [0.29, 0.717) is 11.1 Å². The lowest BCUT2D eigenvalue weighted by atomic mass is 10.1. The van der Waals surface area contributed by atoms with E-state index < -0.39 is 0 Å². The minimum Gasteiger partial charge on any atom is -0.464 e. The third-order valence-corrected chi connectivity index (χ3v) is 2.83. The molecule has 1 unspecified atom stereocenters. The molecule has 1 N–H and O–H groups in total. The Hall–Kier alpha value is -2.72. The van der Waals surface area contributed by atoms with Gasteiger partial charge in [0.05, 0.1) is 17.2 Å². The normalized spacial score (nSPS) is 11.4. The maximum atomic E-state index is 8.98. The van der Waals surface area contributed by atoms with Crippen LogP contribution in [0.2, 0.25) is 0 Å². The van der Waals surface area contributed by atoms with E-state index in [4.69, 9.17) is 14.9 Å². The first kappa shape index (κ1) is 12.7. The molecule has 1 atom stereocenters. The van der Waals surface area contributed by atoms with Gasteiger partial charge < -0.3 is 9.73 Å². The molecule has 0 spiro atoms. The molecule has 1 aromatic heterocycles. The summed E-state index contributed by atoms with van der Waals surface area (Å²) in [7, 11) is 0. The first-order chi connectivity index (χ1) is 9.13. The second-order valence-corrected chi connectivity index (χ2v) is 4.30. The zero-order chi connectivity index (χ0) is 13.8. The van der Waals surface area contributed by atoms with Crippen molar-refractivity contribution in [3.8, 4) is 12.1 Å². The van der Waals surface area contributed by atoms with Crippen LogP contribution in [-0.4, -0.2) is 0 Å². The lowest BCUT2D eigenvalue weighted by molar-refractivity contribution is 0.467. The van der Waals surface area contributed by atoms with Crippen molar-refractivity contribution in [3.63, 3.8) is 0 Å². The van der Waals surface area contributed by atoms with Crippen LogP contribution in [-0.2, 0) is 0 Å². The van der Waals surface area contributed by atoms with Gasteiger partial charge in [0.1, 0.15) is 23.7 Å². The number of hydrogen-bond acceptors (Lipinski definition) is 4. The Balaban J connectivity index is 2.20. The Morgan fingerprint density at radius 1 is 1.11 bits per heavy atom. The molecule has 19 heavy (non-hydrogen) atoms. The highest BCUT2D eigenvalue weighted by atomic mass is 16.3. The monoisotopic (exact) mass is 251 g/mol. The van der Waals surface area contributed by atoms with Crippen LogP contribution < -0.4 is 5.32 Å². The summed E-state index contributed by atoms with van der Waals surface area (Å²) in [5.41, 5.74) is 1.54. The fraction of sp³-hybridized carbons (Fsp3) is 0.200. The predicted molar refractivity (Wildman–Crippen MR) is 71.4 cm³/mol. The van der Waals surface area contributed by atoms with Gasteiger partial charge in [0.25, 0.3) is 0 Å². The number of nitriles is 2. The number of nitrogens with zero attached hydrogens (tertiary/aromatic N) is 2. The molecule has 4 nitrogen and oxygen atoms in total. The topological polar surface area (TPSA) is 72.8 Å². The highest BCUT2D eigenvalue weighted by Gasteiger charge is 2.10. The number of aryl methyl sites for hydroxylation is 1. The number of anilines is 1. The molecule has 0 amide bonds. The highest BCUT2D eigenvalue weighted by Crippen LogP contribution is 2.22. The number of rotatable bonds is 3. The Morgan fingerprint density at radius 2 is 1.84 bits per heavy atom. The fourth-order valence-corrected chi connectivity index (χ4v) is 1.83. The minimum atomic E-state index is -0.00632. The number of furan rings is 1. The van der Waals surface area contributed by atoms with E-state index in [1.807, 2.05) is 38.1 Å². The standard InChI is InChI=1S/C15H13N3O/c1-10-3-6-15(19-10)11(2)18-14-5-4-12(8-16)13(7-14)9-17/h3-7,11,18H,1-2H3. The molecule has 4 heteroatoms. The number of nitrogens with one attached hydrogen (secondary N) is 1. The van der Waals surface area contributed by atoms with Crippen LogP contribution in [0.3, 0.4) is 0 Å². The molecule has 0 aliphatic carbocycles. The van der Waals surface area contributed by atoms with E-state index in [9.17, 15) is 0 Å². The van der Waals surface area contributed by atoms with Crippen molar-refractivity contribution < 1.29 is 4.42 Å². The van der Waals surface area contributed by atoms with Crippen LogP contribution >= 0.6 is 0 Å². The third kappa shape index (κ3) is 2.75. The van der Waals surface area contributed by atoms with E-state index in [0.717, 1.165) is 17.2 Å². The van der Waals surface area contributed by atoms with Crippen molar-refractivity contribution in [1.29, 1.82) is 10.5 Å². The molecule has 1 heterocycles. The molecule has 1 aromatic carbocycles.